The van der Waals surface area contributed by atoms with Gasteiger partial charge >= 0.3 is 0 Å². The molecule has 4 heteroatoms. The number of aromatic amines is 1. The molecule has 2 aromatic carbocycles. The highest BCUT2D eigenvalue weighted by molar-refractivity contribution is 6.07. The Hall–Kier alpha value is -2.33. The molecule has 1 fully saturated rings. The van der Waals surface area contributed by atoms with E-state index in [9.17, 15) is 4.39 Å². The minimum Gasteiger partial charge on any atom is -0.486 e. The number of hydrogen-bond donors (Lipinski definition) is 2. The fourth-order valence-electron chi connectivity index (χ4n) is 3.97. The fourth-order valence-corrected chi connectivity index (χ4v) is 3.97. The molecular formula is C22H25FN2O. The lowest BCUT2D eigenvalue weighted by Gasteiger charge is -2.26. The molecule has 1 saturated heterocycles. The van der Waals surface area contributed by atoms with Gasteiger partial charge < -0.3 is 15.0 Å². The third-order valence-electron chi connectivity index (χ3n) is 5.31. The number of piperidine rings is 1. The summed E-state index contributed by atoms with van der Waals surface area (Å²) in [5, 5.41) is 5.63. The highest BCUT2D eigenvalue weighted by Crippen LogP contribution is 2.30. The number of rotatable bonds is 5. The first kappa shape index (κ1) is 17.1. The van der Waals surface area contributed by atoms with Gasteiger partial charge in [-0.25, -0.2) is 4.39 Å². The molecule has 2 N–H and O–H groups in total. The Morgan fingerprint density at radius 3 is 2.88 bits per heavy atom. The van der Waals surface area contributed by atoms with Crippen molar-refractivity contribution in [1.82, 2.24) is 10.3 Å². The normalized spacial score (nSPS) is 19.8. The van der Waals surface area contributed by atoms with Gasteiger partial charge in [-0.2, -0.15) is 0 Å². The van der Waals surface area contributed by atoms with Crippen molar-refractivity contribution >= 4 is 21.8 Å². The number of ether oxygens (including phenoxy) is 1. The maximum atomic E-state index is 14.7. The van der Waals surface area contributed by atoms with Crippen LogP contribution >= 0.6 is 0 Å². The Labute approximate surface area is 153 Å². The van der Waals surface area contributed by atoms with Gasteiger partial charge in [0.05, 0.1) is 5.52 Å². The summed E-state index contributed by atoms with van der Waals surface area (Å²) in [5.41, 5.74) is 3.01. The average molecular weight is 352 g/mol. The minimum absolute atomic E-state index is 0.00294. The van der Waals surface area contributed by atoms with Crippen molar-refractivity contribution in [2.75, 3.05) is 19.7 Å². The Morgan fingerprint density at radius 2 is 2.00 bits per heavy atom. The van der Waals surface area contributed by atoms with Gasteiger partial charge in [-0.3, -0.25) is 0 Å². The lowest BCUT2D eigenvalue weighted by atomic mass is 9.88. The summed E-state index contributed by atoms with van der Waals surface area (Å²) in [7, 11) is 0. The monoisotopic (exact) mass is 352 g/mol. The molecule has 1 aliphatic rings. The predicted octanol–water partition coefficient (Wildman–Crippen LogP) is 5.33. The molecule has 1 unspecified atom stereocenters. The molecule has 2 heterocycles. The summed E-state index contributed by atoms with van der Waals surface area (Å²) in [6.45, 7) is 3.77. The fraction of sp³-hybridized carbons (Fsp3) is 0.364. The summed E-state index contributed by atoms with van der Waals surface area (Å²) >= 11 is 0. The Bertz CT molecular complexity index is 942. The highest BCUT2D eigenvalue weighted by atomic mass is 19.1. The maximum Gasteiger partial charge on any atom is 0.140 e. The van der Waals surface area contributed by atoms with Gasteiger partial charge in [0.1, 0.15) is 18.2 Å². The van der Waals surface area contributed by atoms with Crippen LogP contribution in [0.15, 0.2) is 53.9 Å². The van der Waals surface area contributed by atoms with Crippen LogP contribution in [0.25, 0.3) is 21.8 Å². The van der Waals surface area contributed by atoms with Crippen LogP contribution in [-0.2, 0) is 0 Å². The van der Waals surface area contributed by atoms with Crippen molar-refractivity contribution in [3.05, 3.63) is 53.9 Å². The van der Waals surface area contributed by atoms with Crippen LogP contribution in [0, 0.1) is 5.92 Å². The number of para-hydroxylation sites is 1. The first-order valence-electron chi connectivity index (χ1n) is 9.47. The molecule has 136 valence electrons. The molecule has 26 heavy (non-hydrogen) atoms. The first-order chi connectivity index (χ1) is 12.8. The van der Waals surface area contributed by atoms with Gasteiger partial charge in [-0.1, -0.05) is 31.5 Å². The molecule has 0 spiro atoms. The van der Waals surface area contributed by atoms with Crippen LogP contribution in [0.2, 0.25) is 0 Å². The number of nitrogens with one attached hydrogen (secondary N) is 2. The smallest absolute Gasteiger partial charge is 0.140 e. The predicted molar refractivity (Wildman–Crippen MR) is 105 cm³/mol. The third-order valence-corrected chi connectivity index (χ3v) is 5.31. The number of benzene rings is 2. The van der Waals surface area contributed by atoms with Crippen LogP contribution in [-0.4, -0.2) is 24.7 Å². The SMILES string of the molecule is CCCC1CCNC/C1=C(/F)COc1ccc2c(c1)[nH]c1ccccc12. The third kappa shape index (κ3) is 3.34. The molecule has 1 atom stereocenters. The number of halogens is 1. The number of hydrogen-bond acceptors (Lipinski definition) is 2. The molecule has 3 nitrogen and oxygen atoms in total. The second kappa shape index (κ2) is 7.50. The molecule has 0 amide bonds. The molecule has 1 aliphatic heterocycles. The molecule has 3 aromatic rings. The van der Waals surface area contributed by atoms with E-state index in [4.69, 9.17) is 4.74 Å². The molecule has 0 aliphatic carbocycles. The zero-order valence-electron chi connectivity index (χ0n) is 15.1. The van der Waals surface area contributed by atoms with Gasteiger partial charge in [-0.15, -0.1) is 0 Å². The van der Waals surface area contributed by atoms with Crippen molar-refractivity contribution in [1.29, 1.82) is 0 Å². The van der Waals surface area contributed by atoms with Gasteiger partial charge in [0.25, 0.3) is 0 Å². The van der Waals surface area contributed by atoms with Crippen LogP contribution in [0.3, 0.4) is 0 Å². The first-order valence-corrected chi connectivity index (χ1v) is 9.47. The van der Waals surface area contributed by atoms with Gasteiger partial charge in [0.2, 0.25) is 0 Å². The minimum atomic E-state index is -0.118. The van der Waals surface area contributed by atoms with E-state index in [0.29, 0.717) is 18.2 Å². The van der Waals surface area contributed by atoms with Crippen molar-refractivity contribution in [3.63, 3.8) is 0 Å². The lowest BCUT2D eigenvalue weighted by Crippen LogP contribution is -2.31. The van der Waals surface area contributed by atoms with E-state index in [2.05, 4.69) is 29.4 Å². The van der Waals surface area contributed by atoms with Crippen LogP contribution in [0.5, 0.6) is 5.75 Å². The largest absolute Gasteiger partial charge is 0.486 e. The quantitative estimate of drug-likeness (QED) is 0.651. The highest BCUT2D eigenvalue weighted by Gasteiger charge is 2.22. The summed E-state index contributed by atoms with van der Waals surface area (Å²) in [5.74, 6) is 0.920. The topological polar surface area (TPSA) is 37.0 Å². The Morgan fingerprint density at radius 1 is 1.15 bits per heavy atom. The van der Waals surface area contributed by atoms with E-state index < -0.39 is 0 Å². The zero-order valence-corrected chi connectivity index (χ0v) is 15.1. The van der Waals surface area contributed by atoms with Crippen molar-refractivity contribution in [3.8, 4) is 5.75 Å². The van der Waals surface area contributed by atoms with E-state index in [1.54, 1.807) is 0 Å². The van der Waals surface area contributed by atoms with Crippen molar-refractivity contribution in [2.45, 2.75) is 26.2 Å². The van der Waals surface area contributed by atoms with Gasteiger partial charge in [0.15, 0.2) is 0 Å². The van der Waals surface area contributed by atoms with E-state index in [-0.39, 0.29) is 12.4 Å². The summed E-state index contributed by atoms with van der Waals surface area (Å²) in [6.07, 6.45) is 3.14. The molecule has 0 bridgehead atoms. The second-order valence-electron chi connectivity index (χ2n) is 7.05. The van der Waals surface area contributed by atoms with Crippen LogP contribution in [0.1, 0.15) is 26.2 Å². The molecular weight excluding hydrogens is 327 g/mol. The molecule has 1 aromatic heterocycles. The Kier molecular flexibility index (Phi) is 4.93. The number of aromatic nitrogens is 1. The van der Waals surface area contributed by atoms with E-state index in [0.717, 1.165) is 47.8 Å². The van der Waals surface area contributed by atoms with E-state index >= 15 is 0 Å². The lowest BCUT2D eigenvalue weighted by molar-refractivity contribution is 0.306. The van der Waals surface area contributed by atoms with Crippen molar-refractivity contribution < 1.29 is 9.13 Å². The number of H-pyrrole nitrogens is 1. The molecule has 0 saturated carbocycles. The second-order valence-corrected chi connectivity index (χ2v) is 7.05. The summed E-state index contributed by atoms with van der Waals surface area (Å²) < 4.78 is 20.5. The van der Waals surface area contributed by atoms with Crippen molar-refractivity contribution in [2.24, 2.45) is 5.92 Å². The average Bonchev–Trinajstić information content (AvgIpc) is 3.04. The molecule has 4 rings (SSSR count). The summed E-state index contributed by atoms with van der Waals surface area (Å²) in [6, 6.07) is 14.1. The zero-order chi connectivity index (χ0) is 17.9. The van der Waals surface area contributed by atoms with Crippen LogP contribution in [0.4, 0.5) is 4.39 Å². The molecule has 0 radical (unpaired) electrons. The standard InChI is InChI=1S/C22H25FN2O/c1-2-5-15-10-11-24-13-19(15)20(23)14-26-16-8-9-18-17-6-3-4-7-21(17)25-22(18)12-16/h3-4,6-9,12,15,24-25H,2,5,10-11,13-14H2,1H3/b20-19-. The van der Waals surface area contributed by atoms with Gasteiger partial charge in [0, 0.05) is 28.9 Å². The van der Waals surface area contributed by atoms with Gasteiger partial charge in [-0.05, 0) is 49.1 Å². The van der Waals surface area contributed by atoms with E-state index in [1.807, 2.05) is 30.3 Å². The summed E-state index contributed by atoms with van der Waals surface area (Å²) in [4.78, 5) is 3.40. The van der Waals surface area contributed by atoms with Crippen LogP contribution < -0.4 is 10.1 Å². The Balaban J connectivity index is 1.53. The van der Waals surface area contributed by atoms with E-state index in [1.165, 1.54) is 5.39 Å². The maximum absolute atomic E-state index is 14.7. The number of fused-ring (bicyclic) bond motifs is 3.